The van der Waals surface area contributed by atoms with Crippen molar-refractivity contribution in [2.75, 3.05) is 6.54 Å². The number of carbonyl (C=O) groups is 2. The van der Waals surface area contributed by atoms with E-state index >= 15 is 0 Å². The summed E-state index contributed by atoms with van der Waals surface area (Å²) in [5.41, 5.74) is -0.528. The Labute approximate surface area is 122 Å². The molecule has 0 radical (unpaired) electrons. The van der Waals surface area contributed by atoms with E-state index in [0.717, 1.165) is 4.47 Å². The van der Waals surface area contributed by atoms with Crippen molar-refractivity contribution in [1.29, 1.82) is 0 Å². The molecule has 0 fully saturated rings. The Morgan fingerprint density at radius 2 is 1.94 bits per heavy atom. The van der Waals surface area contributed by atoms with Gasteiger partial charge in [0.05, 0.1) is 11.0 Å². The topological polar surface area (TPSA) is 66.4 Å². The van der Waals surface area contributed by atoms with Crippen LogP contribution in [0.4, 0.5) is 0 Å². The van der Waals surface area contributed by atoms with E-state index in [1.807, 2.05) is 6.07 Å². The van der Waals surface area contributed by atoms with Gasteiger partial charge in [0.1, 0.15) is 0 Å². The second-order valence-electron chi connectivity index (χ2n) is 4.50. The molecule has 1 amide bonds. The molecule has 1 rings (SSSR count). The number of hydrogen-bond acceptors (Lipinski definition) is 2. The van der Waals surface area contributed by atoms with Gasteiger partial charge >= 0.3 is 5.97 Å². The molecule has 6 heteroatoms. The van der Waals surface area contributed by atoms with Gasteiger partial charge in [-0.1, -0.05) is 15.9 Å². The monoisotopic (exact) mass is 377 g/mol. The molecule has 98 valence electrons. The number of rotatable bonds is 4. The van der Waals surface area contributed by atoms with Crippen LogP contribution in [0.2, 0.25) is 0 Å². The van der Waals surface area contributed by atoms with Crippen molar-refractivity contribution in [3.8, 4) is 0 Å². The van der Waals surface area contributed by atoms with E-state index in [0.29, 0.717) is 10.0 Å². The van der Waals surface area contributed by atoms with Crippen molar-refractivity contribution in [3.63, 3.8) is 0 Å². The molecular formula is C12H13Br2NO3. The molecule has 0 heterocycles. The van der Waals surface area contributed by atoms with Crippen LogP contribution in [-0.2, 0) is 4.79 Å². The highest BCUT2D eigenvalue weighted by Gasteiger charge is 2.27. The van der Waals surface area contributed by atoms with Gasteiger partial charge in [-0.3, -0.25) is 9.59 Å². The van der Waals surface area contributed by atoms with E-state index in [1.54, 1.807) is 26.0 Å². The third-order valence-corrected chi connectivity index (χ3v) is 3.63. The van der Waals surface area contributed by atoms with Gasteiger partial charge in [0.2, 0.25) is 0 Å². The molecular weight excluding hydrogens is 366 g/mol. The molecule has 1 aromatic carbocycles. The summed E-state index contributed by atoms with van der Waals surface area (Å²) in [7, 11) is 0. The number of hydrogen-bond donors (Lipinski definition) is 2. The van der Waals surface area contributed by atoms with Gasteiger partial charge in [-0.25, -0.2) is 0 Å². The minimum Gasteiger partial charge on any atom is -0.481 e. The van der Waals surface area contributed by atoms with Crippen LogP contribution >= 0.6 is 31.9 Å². The first kappa shape index (κ1) is 15.2. The normalized spacial score (nSPS) is 11.1. The lowest BCUT2D eigenvalue weighted by atomic mass is 9.94. The molecule has 0 unspecified atom stereocenters. The summed E-state index contributed by atoms with van der Waals surface area (Å²) in [6.45, 7) is 3.19. The molecule has 0 aliphatic rings. The van der Waals surface area contributed by atoms with Gasteiger partial charge in [0, 0.05) is 15.5 Å². The lowest BCUT2D eigenvalue weighted by molar-refractivity contribution is -0.146. The van der Waals surface area contributed by atoms with Crippen LogP contribution in [0.25, 0.3) is 0 Å². The molecule has 18 heavy (non-hydrogen) atoms. The first-order valence-corrected chi connectivity index (χ1v) is 6.79. The van der Waals surface area contributed by atoms with Crippen LogP contribution < -0.4 is 5.32 Å². The second kappa shape index (κ2) is 5.84. The Hall–Kier alpha value is -0.880. The van der Waals surface area contributed by atoms with Gasteiger partial charge in [0.15, 0.2) is 0 Å². The van der Waals surface area contributed by atoms with E-state index in [-0.39, 0.29) is 12.5 Å². The Morgan fingerprint density at radius 3 is 2.50 bits per heavy atom. The van der Waals surface area contributed by atoms with Crippen molar-refractivity contribution in [3.05, 3.63) is 32.7 Å². The molecule has 0 saturated heterocycles. The summed E-state index contributed by atoms with van der Waals surface area (Å²) in [5.74, 6) is -1.26. The molecule has 0 spiro atoms. The summed E-state index contributed by atoms with van der Waals surface area (Å²) in [5, 5.41) is 11.6. The van der Waals surface area contributed by atoms with Crippen LogP contribution in [0.1, 0.15) is 24.2 Å². The van der Waals surface area contributed by atoms with Gasteiger partial charge < -0.3 is 10.4 Å². The molecule has 0 atom stereocenters. The van der Waals surface area contributed by atoms with Crippen molar-refractivity contribution in [1.82, 2.24) is 5.32 Å². The number of carbonyl (C=O) groups excluding carboxylic acids is 1. The van der Waals surface area contributed by atoms with Crippen LogP contribution in [0.15, 0.2) is 27.1 Å². The molecule has 0 aromatic heterocycles. The molecule has 2 N–H and O–H groups in total. The molecule has 0 aliphatic carbocycles. The summed E-state index contributed by atoms with van der Waals surface area (Å²) in [6, 6.07) is 5.23. The predicted octanol–water partition coefficient (Wildman–Crippen LogP) is 3.05. The SMILES string of the molecule is CC(C)(CNC(=O)c1cc(Br)ccc1Br)C(=O)O. The Bertz CT molecular complexity index is 486. The van der Waals surface area contributed by atoms with Crippen LogP contribution in [0.3, 0.4) is 0 Å². The summed E-state index contributed by atoms with van der Waals surface area (Å²) < 4.78 is 1.45. The van der Waals surface area contributed by atoms with E-state index < -0.39 is 11.4 Å². The standard InChI is InChI=1S/C12H13Br2NO3/c1-12(2,11(17)18)6-15-10(16)8-5-7(13)3-4-9(8)14/h3-5H,6H2,1-2H3,(H,15,16)(H,17,18). The zero-order valence-electron chi connectivity index (χ0n) is 9.96. The third-order valence-electron chi connectivity index (χ3n) is 2.44. The first-order valence-electron chi connectivity index (χ1n) is 5.20. The predicted molar refractivity (Wildman–Crippen MR) is 75.6 cm³/mol. The van der Waals surface area contributed by atoms with Gasteiger partial charge in [-0.05, 0) is 48.0 Å². The van der Waals surface area contributed by atoms with Gasteiger partial charge in [-0.15, -0.1) is 0 Å². The number of benzene rings is 1. The average Bonchev–Trinajstić information content (AvgIpc) is 2.29. The zero-order valence-corrected chi connectivity index (χ0v) is 13.1. The molecule has 0 aliphatic heterocycles. The van der Waals surface area contributed by atoms with E-state index in [1.165, 1.54) is 0 Å². The number of carboxylic acid groups (broad SMARTS) is 1. The summed E-state index contributed by atoms with van der Waals surface area (Å²) >= 11 is 6.57. The lowest BCUT2D eigenvalue weighted by Gasteiger charge is -2.19. The fraction of sp³-hybridized carbons (Fsp3) is 0.333. The minimum atomic E-state index is -0.992. The minimum absolute atomic E-state index is 0.0696. The van der Waals surface area contributed by atoms with E-state index in [9.17, 15) is 9.59 Å². The highest BCUT2D eigenvalue weighted by Crippen LogP contribution is 2.22. The maximum atomic E-state index is 11.9. The number of halogens is 2. The highest BCUT2D eigenvalue weighted by molar-refractivity contribution is 9.11. The average molecular weight is 379 g/mol. The fourth-order valence-electron chi connectivity index (χ4n) is 1.14. The maximum absolute atomic E-state index is 11.9. The smallest absolute Gasteiger partial charge is 0.310 e. The fourth-order valence-corrected chi connectivity index (χ4v) is 1.93. The van der Waals surface area contributed by atoms with Crippen molar-refractivity contribution >= 4 is 43.7 Å². The quantitative estimate of drug-likeness (QED) is 0.846. The number of carboxylic acids is 1. The van der Waals surface area contributed by atoms with Gasteiger partial charge in [0.25, 0.3) is 5.91 Å². The molecule has 1 aromatic rings. The zero-order chi connectivity index (χ0) is 13.9. The van der Waals surface area contributed by atoms with Crippen molar-refractivity contribution in [2.45, 2.75) is 13.8 Å². The largest absolute Gasteiger partial charge is 0.481 e. The second-order valence-corrected chi connectivity index (χ2v) is 6.27. The van der Waals surface area contributed by atoms with Crippen LogP contribution in [0, 0.1) is 5.41 Å². The Balaban J connectivity index is 2.78. The summed E-state index contributed by atoms with van der Waals surface area (Å²) in [4.78, 5) is 22.9. The lowest BCUT2D eigenvalue weighted by Crippen LogP contribution is -2.39. The highest BCUT2D eigenvalue weighted by atomic mass is 79.9. The first-order chi connectivity index (χ1) is 8.24. The Morgan fingerprint density at radius 1 is 1.33 bits per heavy atom. The van der Waals surface area contributed by atoms with E-state index in [2.05, 4.69) is 37.2 Å². The van der Waals surface area contributed by atoms with Crippen molar-refractivity contribution < 1.29 is 14.7 Å². The van der Waals surface area contributed by atoms with Crippen LogP contribution in [-0.4, -0.2) is 23.5 Å². The summed E-state index contributed by atoms with van der Waals surface area (Å²) in [6.07, 6.45) is 0. The molecule has 4 nitrogen and oxygen atoms in total. The molecule has 0 saturated carbocycles. The number of nitrogens with one attached hydrogen (secondary N) is 1. The number of aliphatic carboxylic acids is 1. The third kappa shape index (κ3) is 3.81. The number of amides is 1. The Kier molecular flexibility index (Phi) is 4.92. The van der Waals surface area contributed by atoms with E-state index in [4.69, 9.17) is 5.11 Å². The maximum Gasteiger partial charge on any atom is 0.310 e. The molecule has 0 bridgehead atoms. The van der Waals surface area contributed by atoms with Crippen molar-refractivity contribution in [2.24, 2.45) is 5.41 Å². The van der Waals surface area contributed by atoms with Crippen LogP contribution in [0.5, 0.6) is 0 Å². The van der Waals surface area contributed by atoms with Gasteiger partial charge in [-0.2, -0.15) is 0 Å².